The van der Waals surface area contributed by atoms with E-state index in [1.807, 2.05) is 6.07 Å². The number of hydrogen-bond acceptors (Lipinski definition) is 4. The summed E-state index contributed by atoms with van der Waals surface area (Å²) in [6, 6.07) is 1.95. The van der Waals surface area contributed by atoms with Crippen LogP contribution in [0.2, 0.25) is 0 Å². The van der Waals surface area contributed by atoms with E-state index in [9.17, 15) is 0 Å². The Labute approximate surface area is 103 Å². The van der Waals surface area contributed by atoms with Crippen molar-refractivity contribution in [2.45, 2.75) is 26.8 Å². The molecule has 4 heteroatoms. The Morgan fingerprint density at radius 1 is 1.59 bits per heavy atom. The smallest absolute Gasteiger partial charge is 0.124 e. The number of hydrogen-bond donors (Lipinski definition) is 1. The van der Waals surface area contributed by atoms with E-state index < -0.39 is 0 Å². The quantitative estimate of drug-likeness (QED) is 0.818. The standard InChI is InChI=1S/C13H23N3O/c1-11(2)7-14-8-12-3-5-16(9-12)10-13-4-6-17-15-13/h4,6,11-12,14H,3,5,7-10H2,1-2H3. The highest BCUT2D eigenvalue weighted by Crippen LogP contribution is 2.17. The minimum Gasteiger partial charge on any atom is -0.364 e. The van der Waals surface area contributed by atoms with Gasteiger partial charge in [-0.05, 0) is 37.9 Å². The first-order valence-electron chi connectivity index (χ1n) is 6.56. The molecule has 1 saturated heterocycles. The summed E-state index contributed by atoms with van der Waals surface area (Å²) in [6.45, 7) is 10.1. The lowest BCUT2D eigenvalue weighted by molar-refractivity contribution is 0.299. The summed E-state index contributed by atoms with van der Waals surface area (Å²) in [5.41, 5.74) is 1.04. The molecule has 1 atom stereocenters. The molecule has 1 N–H and O–H groups in total. The maximum Gasteiger partial charge on any atom is 0.124 e. The van der Waals surface area contributed by atoms with Crippen molar-refractivity contribution in [3.05, 3.63) is 18.0 Å². The first-order valence-corrected chi connectivity index (χ1v) is 6.56. The minimum absolute atomic E-state index is 0.739. The zero-order valence-corrected chi connectivity index (χ0v) is 10.9. The van der Waals surface area contributed by atoms with Crippen LogP contribution in [-0.4, -0.2) is 36.2 Å². The molecule has 1 aromatic heterocycles. The van der Waals surface area contributed by atoms with E-state index in [0.717, 1.165) is 37.2 Å². The zero-order valence-electron chi connectivity index (χ0n) is 10.9. The monoisotopic (exact) mass is 237 g/mol. The van der Waals surface area contributed by atoms with E-state index in [0.29, 0.717) is 0 Å². The molecular weight excluding hydrogens is 214 g/mol. The summed E-state index contributed by atoms with van der Waals surface area (Å²) < 4.78 is 4.85. The fourth-order valence-electron chi connectivity index (χ4n) is 2.35. The second-order valence-corrected chi connectivity index (χ2v) is 5.43. The Hall–Kier alpha value is -0.870. The van der Waals surface area contributed by atoms with Crippen LogP contribution in [0.25, 0.3) is 0 Å². The van der Waals surface area contributed by atoms with Crippen LogP contribution in [0.4, 0.5) is 0 Å². The molecule has 0 radical (unpaired) electrons. The fourth-order valence-corrected chi connectivity index (χ4v) is 2.35. The van der Waals surface area contributed by atoms with Crippen LogP contribution in [0, 0.1) is 11.8 Å². The van der Waals surface area contributed by atoms with E-state index in [-0.39, 0.29) is 0 Å². The molecule has 96 valence electrons. The average Bonchev–Trinajstić information content (AvgIpc) is 2.90. The van der Waals surface area contributed by atoms with Crippen molar-refractivity contribution in [2.75, 3.05) is 26.2 Å². The molecule has 0 saturated carbocycles. The van der Waals surface area contributed by atoms with Crippen LogP contribution in [0.3, 0.4) is 0 Å². The van der Waals surface area contributed by atoms with Gasteiger partial charge >= 0.3 is 0 Å². The molecule has 4 nitrogen and oxygen atoms in total. The van der Waals surface area contributed by atoms with Crippen molar-refractivity contribution in [1.29, 1.82) is 0 Å². The third-order valence-corrected chi connectivity index (χ3v) is 3.23. The third-order valence-electron chi connectivity index (χ3n) is 3.23. The molecule has 1 fully saturated rings. The number of aromatic nitrogens is 1. The maximum absolute atomic E-state index is 4.85. The van der Waals surface area contributed by atoms with Gasteiger partial charge < -0.3 is 9.84 Å². The van der Waals surface area contributed by atoms with Crippen molar-refractivity contribution in [2.24, 2.45) is 11.8 Å². The molecule has 0 aromatic carbocycles. The highest BCUT2D eigenvalue weighted by Gasteiger charge is 2.22. The van der Waals surface area contributed by atoms with Gasteiger partial charge in [0.15, 0.2) is 0 Å². The number of rotatable bonds is 6. The van der Waals surface area contributed by atoms with Gasteiger partial charge in [0.1, 0.15) is 6.26 Å². The summed E-state index contributed by atoms with van der Waals surface area (Å²) in [5.74, 6) is 1.53. The molecule has 2 rings (SSSR count). The van der Waals surface area contributed by atoms with Gasteiger partial charge in [0, 0.05) is 19.2 Å². The number of nitrogens with zero attached hydrogens (tertiary/aromatic N) is 2. The minimum atomic E-state index is 0.739. The predicted molar refractivity (Wildman–Crippen MR) is 67.6 cm³/mol. The number of nitrogens with one attached hydrogen (secondary N) is 1. The van der Waals surface area contributed by atoms with E-state index in [1.165, 1.54) is 19.5 Å². The van der Waals surface area contributed by atoms with Crippen LogP contribution in [0.5, 0.6) is 0 Å². The molecule has 1 aliphatic heterocycles. The summed E-state index contributed by atoms with van der Waals surface area (Å²) >= 11 is 0. The summed E-state index contributed by atoms with van der Waals surface area (Å²) in [5, 5.41) is 7.50. The molecule has 1 aliphatic rings. The Balaban J connectivity index is 1.65. The lowest BCUT2D eigenvalue weighted by Crippen LogP contribution is -2.28. The van der Waals surface area contributed by atoms with E-state index >= 15 is 0 Å². The maximum atomic E-state index is 4.85. The van der Waals surface area contributed by atoms with E-state index in [2.05, 4.69) is 29.2 Å². The van der Waals surface area contributed by atoms with Crippen molar-refractivity contribution in [1.82, 2.24) is 15.4 Å². The summed E-state index contributed by atoms with van der Waals surface area (Å²) in [7, 11) is 0. The van der Waals surface area contributed by atoms with Crippen molar-refractivity contribution in [3.63, 3.8) is 0 Å². The molecule has 1 aromatic rings. The number of likely N-dealkylation sites (tertiary alicyclic amines) is 1. The van der Waals surface area contributed by atoms with Crippen LogP contribution in [0.15, 0.2) is 16.9 Å². The van der Waals surface area contributed by atoms with Gasteiger partial charge in [-0.25, -0.2) is 0 Å². The normalized spacial score (nSPS) is 21.5. The van der Waals surface area contributed by atoms with Gasteiger partial charge in [-0.15, -0.1) is 0 Å². The molecule has 0 aliphatic carbocycles. The molecule has 2 heterocycles. The Morgan fingerprint density at radius 2 is 2.47 bits per heavy atom. The van der Waals surface area contributed by atoms with Crippen LogP contribution in [-0.2, 0) is 6.54 Å². The average molecular weight is 237 g/mol. The topological polar surface area (TPSA) is 41.3 Å². The first-order chi connectivity index (χ1) is 8.24. The molecule has 1 unspecified atom stereocenters. The Bertz CT molecular complexity index is 310. The van der Waals surface area contributed by atoms with Gasteiger partial charge in [0.25, 0.3) is 0 Å². The summed E-state index contributed by atoms with van der Waals surface area (Å²) in [6.07, 6.45) is 2.94. The molecule has 0 spiro atoms. The second-order valence-electron chi connectivity index (χ2n) is 5.43. The first kappa shape index (κ1) is 12.6. The van der Waals surface area contributed by atoms with Crippen molar-refractivity contribution in [3.8, 4) is 0 Å². The fraction of sp³-hybridized carbons (Fsp3) is 0.769. The Morgan fingerprint density at radius 3 is 3.18 bits per heavy atom. The van der Waals surface area contributed by atoms with Crippen molar-refractivity contribution < 1.29 is 4.52 Å². The lowest BCUT2D eigenvalue weighted by atomic mass is 10.1. The highest BCUT2D eigenvalue weighted by molar-refractivity contribution is 4.96. The zero-order chi connectivity index (χ0) is 12.1. The van der Waals surface area contributed by atoms with Crippen LogP contribution >= 0.6 is 0 Å². The van der Waals surface area contributed by atoms with E-state index in [1.54, 1.807) is 6.26 Å². The lowest BCUT2D eigenvalue weighted by Gasteiger charge is -2.15. The molecule has 0 amide bonds. The van der Waals surface area contributed by atoms with Crippen LogP contribution < -0.4 is 5.32 Å². The van der Waals surface area contributed by atoms with Gasteiger partial charge in [-0.3, -0.25) is 4.90 Å². The third kappa shape index (κ3) is 4.13. The Kier molecular flexibility index (Phi) is 4.57. The van der Waals surface area contributed by atoms with Gasteiger partial charge in [0.05, 0.1) is 5.69 Å². The molecule has 17 heavy (non-hydrogen) atoms. The van der Waals surface area contributed by atoms with Gasteiger partial charge in [0.2, 0.25) is 0 Å². The molecular formula is C13H23N3O. The second kappa shape index (κ2) is 6.17. The van der Waals surface area contributed by atoms with Gasteiger partial charge in [-0.1, -0.05) is 19.0 Å². The largest absolute Gasteiger partial charge is 0.364 e. The van der Waals surface area contributed by atoms with Crippen molar-refractivity contribution >= 4 is 0 Å². The van der Waals surface area contributed by atoms with E-state index in [4.69, 9.17) is 4.52 Å². The summed E-state index contributed by atoms with van der Waals surface area (Å²) in [4.78, 5) is 2.46. The molecule has 0 bridgehead atoms. The highest BCUT2D eigenvalue weighted by atomic mass is 16.5. The SMILES string of the molecule is CC(C)CNCC1CCN(Cc2ccon2)C1. The van der Waals surface area contributed by atoms with Crippen LogP contribution in [0.1, 0.15) is 26.0 Å². The predicted octanol–water partition coefficient (Wildman–Crippen LogP) is 1.74. The van der Waals surface area contributed by atoms with Gasteiger partial charge in [-0.2, -0.15) is 0 Å².